The highest BCUT2D eigenvalue weighted by molar-refractivity contribution is 5.94. The molecule has 35 heavy (non-hydrogen) atoms. The minimum atomic E-state index is -0.507. The zero-order valence-electron chi connectivity index (χ0n) is 19.8. The van der Waals surface area contributed by atoms with Gasteiger partial charge in [-0.15, -0.1) is 0 Å². The van der Waals surface area contributed by atoms with Crippen LogP contribution in [0.5, 0.6) is 5.75 Å². The lowest BCUT2D eigenvalue weighted by molar-refractivity contribution is -0.126. The van der Waals surface area contributed by atoms with Gasteiger partial charge in [-0.2, -0.15) is 4.99 Å². The average Bonchev–Trinajstić information content (AvgIpc) is 3.19. The molecule has 2 amide bonds. The number of hydrogen-bond donors (Lipinski definition) is 3. The van der Waals surface area contributed by atoms with Gasteiger partial charge in [0.25, 0.3) is 5.91 Å². The number of ether oxygens (including phenoxy) is 1. The zero-order valence-corrected chi connectivity index (χ0v) is 19.8. The van der Waals surface area contributed by atoms with E-state index < -0.39 is 11.7 Å². The Labute approximate surface area is 202 Å². The minimum Gasteiger partial charge on any atom is -0.490 e. The Morgan fingerprint density at radius 1 is 1.26 bits per heavy atom. The molecular weight excluding hydrogens is 453 g/mol. The van der Waals surface area contributed by atoms with Crippen LogP contribution in [0.2, 0.25) is 0 Å². The van der Waals surface area contributed by atoms with Crippen molar-refractivity contribution in [2.24, 2.45) is 10.9 Å². The lowest BCUT2D eigenvalue weighted by Gasteiger charge is -2.29. The number of aromatic amines is 1. The summed E-state index contributed by atoms with van der Waals surface area (Å²) in [4.78, 5) is 37.2. The summed E-state index contributed by atoms with van der Waals surface area (Å²) in [7, 11) is 0. The van der Waals surface area contributed by atoms with Gasteiger partial charge in [0, 0.05) is 29.6 Å². The van der Waals surface area contributed by atoms with Gasteiger partial charge in [-0.25, -0.2) is 9.37 Å². The molecule has 1 aromatic carbocycles. The Bertz CT molecular complexity index is 1260. The molecule has 1 fully saturated rings. The molecule has 1 aliphatic carbocycles. The predicted octanol–water partition coefficient (Wildman–Crippen LogP) is 2.87. The Balaban J connectivity index is 1.69. The number of carbonyl (C=O) groups excluding carboxylic acids is 2. The third kappa shape index (κ3) is 5.76. The van der Waals surface area contributed by atoms with Crippen LogP contribution in [0.1, 0.15) is 55.9 Å². The van der Waals surface area contributed by atoms with E-state index in [0.717, 1.165) is 12.8 Å². The molecule has 10 heteroatoms. The summed E-state index contributed by atoms with van der Waals surface area (Å²) < 4.78 is 20.8. The van der Waals surface area contributed by atoms with Crippen LogP contribution in [-0.2, 0) is 4.79 Å². The number of rotatable bonds is 7. The second-order valence-electron chi connectivity index (χ2n) is 9.02. The molecule has 3 N–H and O–H groups in total. The number of pyridine rings is 1. The van der Waals surface area contributed by atoms with Gasteiger partial charge in [0.2, 0.25) is 11.5 Å². The first-order valence-corrected chi connectivity index (χ1v) is 11.8. The molecule has 0 bridgehead atoms. The van der Waals surface area contributed by atoms with Crippen LogP contribution >= 0.6 is 0 Å². The Morgan fingerprint density at radius 2 is 1.97 bits per heavy atom. The lowest BCUT2D eigenvalue weighted by Crippen LogP contribution is -2.38. The molecule has 0 aliphatic heterocycles. The van der Waals surface area contributed by atoms with E-state index >= 15 is 0 Å². The number of hydrogen-bond acceptors (Lipinski definition) is 5. The number of imidazole rings is 1. The fourth-order valence-corrected chi connectivity index (χ4v) is 4.44. The number of aliphatic hydroxyl groups excluding tert-OH is 1. The van der Waals surface area contributed by atoms with Crippen LogP contribution in [-0.4, -0.2) is 50.7 Å². The molecule has 0 spiro atoms. The van der Waals surface area contributed by atoms with Crippen LogP contribution < -0.4 is 15.7 Å². The van der Waals surface area contributed by atoms with E-state index in [1.54, 1.807) is 6.07 Å². The molecule has 2 aromatic heterocycles. The molecule has 1 aliphatic rings. The highest BCUT2D eigenvalue weighted by Crippen LogP contribution is 2.33. The van der Waals surface area contributed by atoms with Crippen LogP contribution in [0.4, 0.5) is 4.39 Å². The molecule has 1 saturated carbocycles. The molecular formula is C25H30FN5O4. The first-order valence-electron chi connectivity index (χ1n) is 11.8. The van der Waals surface area contributed by atoms with E-state index in [9.17, 15) is 14.0 Å². The van der Waals surface area contributed by atoms with Crippen molar-refractivity contribution in [3.63, 3.8) is 0 Å². The van der Waals surface area contributed by atoms with Crippen LogP contribution in [0, 0.1) is 11.7 Å². The maximum absolute atomic E-state index is 13.3. The summed E-state index contributed by atoms with van der Waals surface area (Å²) in [5, 5.41) is 12.1. The summed E-state index contributed by atoms with van der Waals surface area (Å²) in [5.41, 5.74) is 1.84. The van der Waals surface area contributed by atoms with Gasteiger partial charge >= 0.3 is 0 Å². The number of halogens is 1. The molecule has 186 valence electrons. The maximum Gasteiger partial charge on any atom is 0.280 e. The fourth-order valence-electron chi connectivity index (χ4n) is 4.44. The Kier molecular flexibility index (Phi) is 7.60. The topological polar surface area (TPSA) is 122 Å². The zero-order chi connectivity index (χ0) is 24.9. The Morgan fingerprint density at radius 3 is 2.63 bits per heavy atom. The summed E-state index contributed by atoms with van der Waals surface area (Å²) in [6, 6.07) is 7.11. The van der Waals surface area contributed by atoms with Crippen LogP contribution in [0.25, 0.3) is 11.2 Å². The third-order valence-electron chi connectivity index (χ3n) is 6.08. The SMILES string of the molecule is CC(C)NC(=O)[C@H]1CC[C@@H](n2/c(=N/C(=O)c3ccc(F)cc3)[nH]c3ncc(OCCO)cc32)CC1. The summed E-state index contributed by atoms with van der Waals surface area (Å²) >= 11 is 0. The number of nitrogens with zero attached hydrogens (tertiary/aromatic N) is 3. The number of benzene rings is 1. The third-order valence-corrected chi connectivity index (χ3v) is 6.08. The van der Waals surface area contributed by atoms with Gasteiger partial charge in [0.15, 0.2) is 5.65 Å². The molecule has 9 nitrogen and oxygen atoms in total. The smallest absolute Gasteiger partial charge is 0.280 e. The number of aromatic nitrogens is 3. The second kappa shape index (κ2) is 10.8. The molecule has 0 atom stereocenters. The maximum atomic E-state index is 13.3. The van der Waals surface area contributed by atoms with E-state index in [1.807, 2.05) is 18.4 Å². The quantitative estimate of drug-likeness (QED) is 0.477. The number of H-pyrrole nitrogens is 1. The number of amides is 2. The first kappa shape index (κ1) is 24.6. The van der Waals surface area contributed by atoms with Gasteiger partial charge in [0.05, 0.1) is 18.3 Å². The average molecular weight is 484 g/mol. The van der Waals surface area contributed by atoms with Crippen molar-refractivity contribution in [3.05, 3.63) is 53.5 Å². The number of aliphatic hydroxyl groups is 1. The van der Waals surface area contributed by atoms with E-state index in [4.69, 9.17) is 9.84 Å². The van der Waals surface area contributed by atoms with E-state index in [1.165, 1.54) is 30.5 Å². The summed E-state index contributed by atoms with van der Waals surface area (Å²) in [6.07, 6.45) is 4.41. The monoisotopic (exact) mass is 483 g/mol. The number of carbonyl (C=O) groups is 2. The van der Waals surface area contributed by atoms with Gasteiger partial charge < -0.3 is 24.7 Å². The number of nitrogens with one attached hydrogen (secondary N) is 2. The minimum absolute atomic E-state index is 0.0125. The summed E-state index contributed by atoms with van der Waals surface area (Å²) in [5.74, 6) is -0.435. The van der Waals surface area contributed by atoms with Crippen LogP contribution in [0.3, 0.4) is 0 Å². The van der Waals surface area contributed by atoms with Crippen molar-refractivity contribution < 1.29 is 23.8 Å². The fraction of sp³-hybridized carbons (Fsp3) is 0.440. The molecule has 3 aromatic rings. The van der Waals surface area contributed by atoms with Crippen molar-refractivity contribution in [2.75, 3.05) is 13.2 Å². The molecule has 0 saturated heterocycles. The predicted molar refractivity (Wildman–Crippen MR) is 127 cm³/mol. The van der Waals surface area contributed by atoms with Gasteiger partial charge in [-0.3, -0.25) is 9.59 Å². The lowest BCUT2D eigenvalue weighted by atomic mass is 9.85. The van der Waals surface area contributed by atoms with Gasteiger partial charge in [-0.05, 0) is 63.8 Å². The number of fused-ring (bicyclic) bond motifs is 1. The largest absolute Gasteiger partial charge is 0.490 e. The highest BCUT2D eigenvalue weighted by Gasteiger charge is 2.29. The highest BCUT2D eigenvalue weighted by atomic mass is 19.1. The first-order chi connectivity index (χ1) is 16.9. The van der Waals surface area contributed by atoms with Crippen LogP contribution in [0.15, 0.2) is 41.5 Å². The normalized spacial score (nSPS) is 18.7. The Hall–Kier alpha value is -3.53. The summed E-state index contributed by atoms with van der Waals surface area (Å²) in [6.45, 7) is 3.90. The molecule has 0 radical (unpaired) electrons. The van der Waals surface area contributed by atoms with Gasteiger partial charge in [-0.1, -0.05) is 0 Å². The molecule has 2 heterocycles. The van der Waals surface area contributed by atoms with E-state index in [-0.39, 0.29) is 42.7 Å². The standard InChI is InChI=1S/C25H30FN5O4/c1-15(2)28-23(33)17-5-9-19(10-6-17)31-21-13-20(35-12-11-32)14-27-22(21)29-25(31)30-24(34)16-3-7-18(26)8-4-16/h3-4,7-8,13-15,17,19,32H,5-6,9-12H2,1-2H3,(H,28,33)(H,27,29,30,34)/t17-,19+. The van der Waals surface area contributed by atoms with Crippen molar-refractivity contribution in [1.82, 2.24) is 19.9 Å². The van der Waals surface area contributed by atoms with Gasteiger partial charge in [0.1, 0.15) is 18.2 Å². The van der Waals surface area contributed by atoms with Crippen molar-refractivity contribution >= 4 is 23.0 Å². The van der Waals surface area contributed by atoms with Crippen molar-refractivity contribution in [1.29, 1.82) is 0 Å². The second-order valence-corrected chi connectivity index (χ2v) is 9.02. The van der Waals surface area contributed by atoms with E-state index in [0.29, 0.717) is 35.4 Å². The van der Waals surface area contributed by atoms with Crippen molar-refractivity contribution in [2.45, 2.75) is 51.6 Å². The molecule has 4 rings (SSSR count). The molecule has 0 unspecified atom stereocenters. The van der Waals surface area contributed by atoms with E-state index in [2.05, 4.69) is 20.3 Å². The van der Waals surface area contributed by atoms with Crippen molar-refractivity contribution in [3.8, 4) is 5.75 Å².